The molecule has 0 radical (unpaired) electrons. The van der Waals surface area contributed by atoms with Crippen molar-refractivity contribution in [1.29, 1.82) is 0 Å². The first-order valence-electron chi connectivity index (χ1n) is 9.61. The number of nitrogens with zero attached hydrogens (tertiary/aromatic N) is 3. The molecule has 1 aliphatic carbocycles. The van der Waals surface area contributed by atoms with Gasteiger partial charge in [0.2, 0.25) is 5.91 Å². The van der Waals surface area contributed by atoms with Crippen LogP contribution in [0.2, 0.25) is 0 Å². The summed E-state index contributed by atoms with van der Waals surface area (Å²) in [6.45, 7) is 3.66. The van der Waals surface area contributed by atoms with Crippen molar-refractivity contribution >= 4 is 22.7 Å². The zero-order valence-corrected chi connectivity index (χ0v) is 15.6. The lowest BCUT2D eigenvalue weighted by atomic mass is 10.2. The molecular weight excluding hydrogens is 359 g/mol. The summed E-state index contributed by atoms with van der Waals surface area (Å²) in [4.78, 5) is 23.6. The van der Waals surface area contributed by atoms with E-state index in [1.807, 2.05) is 19.2 Å². The third-order valence-electron chi connectivity index (χ3n) is 5.61. The predicted octanol–water partition coefficient (Wildman–Crippen LogP) is 3.17. The molecule has 2 fully saturated rings. The van der Waals surface area contributed by atoms with Crippen LogP contribution >= 0.6 is 0 Å². The summed E-state index contributed by atoms with van der Waals surface area (Å²) in [7, 11) is 0. The van der Waals surface area contributed by atoms with Crippen LogP contribution in [0.1, 0.15) is 30.3 Å². The smallest absolute Gasteiger partial charge is 0.224 e. The summed E-state index contributed by atoms with van der Waals surface area (Å²) < 4.78 is 19.0. The van der Waals surface area contributed by atoms with Crippen molar-refractivity contribution in [2.45, 2.75) is 31.7 Å². The van der Waals surface area contributed by atoms with E-state index >= 15 is 0 Å². The van der Waals surface area contributed by atoms with E-state index in [0.717, 1.165) is 37.3 Å². The number of hydrogen-bond acceptors (Lipinski definition) is 5. The van der Waals surface area contributed by atoms with Gasteiger partial charge in [-0.1, -0.05) is 0 Å². The topological polar surface area (TPSA) is 71.3 Å². The van der Waals surface area contributed by atoms with Crippen LogP contribution in [0.5, 0.6) is 0 Å². The molecule has 3 atom stereocenters. The molecule has 1 aliphatic heterocycles. The van der Waals surface area contributed by atoms with Crippen molar-refractivity contribution in [3.8, 4) is 0 Å². The first-order valence-corrected chi connectivity index (χ1v) is 9.61. The largest absolute Gasteiger partial charge is 0.440 e. The SMILES string of the molecule is Cc1ccc(N2CC[C@@H](NC(=O)[C@H]3C[C@@H]3c3nc4ccc(F)cc4o3)C2)cn1. The lowest BCUT2D eigenvalue weighted by Crippen LogP contribution is -2.38. The van der Waals surface area contributed by atoms with Crippen molar-refractivity contribution in [2.24, 2.45) is 5.92 Å². The second kappa shape index (κ2) is 6.58. The summed E-state index contributed by atoms with van der Waals surface area (Å²) >= 11 is 0. The quantitative estimate of drug-likeness (QED) is 0.753. The Hall–Kier alpha value is -2.96. The van der Waals surface area contributed by atoms with Crippen LogP contribution in [0, 0.1) is 18.7 Å². The molecule has 7 heteroatoms. The minimum Gasteiger partial charge on any atom is -0.440 e. The zero-order chi connectivity index (χ0) is 19.3. The number of halogens is 1. The lowest BCUT2D eigenvalue weighted by molar-refractivity contribution is -0.123. The van der Waals surface area contributed by atoms with E-state index in [4.69, 9.17) is 4.42 Å². The van der Waals surface area contributed by atoms with Gasteiger partial charge in [-0.25, -0.2) is 9.37 Å². The number of carbonyl (C=O) groups is 1. The molecule has 2 aromatic heterocycles. The van der Waals surface area contributed by atoms with Crippen LogP contribution in [-0.2, 0) is 4.79 Å². The van der Waals surface area contributed by atoms with Gasteiger partial charge in [-0.3, -0.25) is 9.78 Å². The molecule has 5 rings (SSSR count). The highest BCUT2D eigenvalue weighted by atomic mass is 19.1. The third-order valence-corrected chi connectivity index (χ3v) is 5.61. The zero-order valence-electron chi connectivity index (χ0n) is 15.6. The Morgan fingerprint density at radius 2 is 2.21 bits per heavy atom. The Morgan fingerprint density at radius 1 is 1.32 bits per heavy atom. The molecule has 0 bridgehead atoms. The maximum absolute atomic E-state index is 13.3. The molecular formula is C21H21FN4O2. The van der Waals surface area contributed by atoms with Crippen molar-refractivity contribution in [2.75, 3.05) is 18.0 Å². The van der Waals surface area contributed by atoms with Gasteiger partial charge in [-0.15, -0.1) is 0 Å². The van der Waals surface area contributed by atoms with Gasteiger partial charge in [0.1, 0.15) is 11.3 Å². The molecule has 3 heterocycles. The first kappa shape index (κ1) is 17.2. The Kier molecular flexibility index (Phi) is 4.03. The Morgan fingerprint density at radius 3 is 3.04 bits per heavy atom. The lowest BCUT2D eigenvalue weighted by Gasteiger charge is -2.18. The normalized spacial score (nSPS) is 23.9. The fourth-order valence-corrected chi connectivity index (χ4v) is 3.90. The number of rotatable bonds is 4. The Labute approximate surface area is 161 Å². The van der Waals surface area contributed by atoms with Crippen LogP contribution in [0.25, 0.3) is 11.1 Å². The number of aryl methyl sites for hydroxylation is 1. The van der Waals surface area contributed by atoms with Crippen molar-refractivity contribution in [3.63, 3.8) is 0 Å². The molecule has 1 aromatic carbocycles. The maximum atomic E-state index is 13.3. The van der Waals surface area contributed by atoms with Gasteiger partial charge in [-0.05, 0) is 44.0 Å². The van der Waals surface area contributed by atoms with Crippen molar-refractivity contribution < 1.29 is 13.6 Å². The van der Waals surface area contributed by atoms with Gasteiger partial charge < -0.3 is 14.6 Å². The van der Waals surface area contributed by atoms with E-state index in [1.54, 1.807) is 6.07 Å². The number of nitrogens with one attached hydrogen (secondary N) is 1. The fraction of sp³-hybridized carbons (Fsp3) is 0.381. The highest BCUT2D eigenvalue weighted by Gasteiger charge is 2.48. The number of benzene rings is 1. The Balaban J connectivity index is 1.19. The van der Waals surface area contributed by atoms with Gasteiger partial charge in [0.15, 0.2) is 11.5 Å². The van der Waals surface area contributed by atoms with E-state index in [2.05, 4.69) is 26.3 Å². The highest BCUT2D eigenvalue weighted by Crippen LogP contribution is 2.48. The van der Waals surface area contributed by atoms with Crippen LogP contribution in [0.3, 0.4) is 0 Å². The fourth-order valence-electron chi connectivity index (χ4n) is 3.90. The first-order chi connectivity index (χ1) is 13.6. The number of aromatic nitrogens is 2. The molecule has 3 aromatic rings. The number of amides is 1. The van der Waals surface area contributed by atoms with E-state index in [1.165, 1.54) is 12.1 Å². The molecule has 0 unspecified atom stereocenters. The third kappa shape index (κ3) is 3.21. The molecule has 2 aliphatic rings. The molecule has 144 valence electrons. The van der Waals surface area contributed by atoms with Crippen LogP contribution < -0.4 is 10.2 Å². The van der Waals surface area contributed by atoms with E-state index in [9.17, 15) is 9.18 Å². The number of anilines is 1. The molecule has 6 nitrogen and oxygen atoms in total. The number of pyridine rings is 1. The van der Waals surface area contributed by atoms with Crippen molar-refractivity contribution in [3.05, 3.63) is 53.9 Å². The van der Waals surface area contributed by atoms with Gasteiger partial charge in [0, 0.05) is 36.8 Å². The minimum absolute atomic E-state index is 0.0192. The monoisotopic (exact) mass is 380 g/mol. The summed E-state index contributed by atoms with van der Waals surface area (Å²) in [6.07, 6.45) is 3.52. The van der Waals surface area contributed by atoms with Crippen molar-refractivity contribution in [1.82, 2.24) is 15.3 Å². The molecule has 1 saturated carbocycles. The molecule has 28 heavy (non-hydrogen) atoms. The van der Waals surface area contributed by atoms with E-state index in [0.29, 0.717) is 17.0 Å². The average Bonchev–Trinajstić information content (AvgIpc) is 3.17. The van der Waals surface area contributed by atoms with E-state index in [-0.39, 0.29) is 29.6 Å². The predicted molar refractivity (Wildman–Crippen MR) is 103 cm³/mol. The number of oxazole rings is 1. The standard InChI is InChI=1S/C21H21FN4O2/c1-12-2-4-15(10-23-12)26-7-6-14(11-26)24-20(27)16-9-17(16)21-25-18-5-3-13(22)8-19(18)28-21/h2-5,8,10,14,16-17H,6-7,9,11H2,1H3,(H,24,27)/t14-,16+,17+/m1/s1. The van der Waals surface area contributed by atoms with Crippen LogP contribution in [0.15, 0.2) is 40.9 Å². The molecule has 1 N–H and O–H groups in total. The second-order valence-corrected chi connectivity index (χ2v) is 7.71. The van der Waals surface area contributed by atoms with Crippen LogP contribution in [0.4, 0.5) is 10.1 Å². The molecule has 1 saturated heterocycles. The molecule has 1 amide bonds. The second-order valence-electron chi connectivity index (χ2n) is 7.71. The number of hydrogen-bond donors (Lipinski definition) is 1. The van der Waals surface area contributed by atoms with E-state index < -0.39 is 0 Å². The summed E-state index contributed by atoms with van der Waals surface area (Å²) in [6, 6.07) is 8.49. The summed E-state index contributed by atoms with van der Waals surface area (Å²) in [5.74, 6) is 0.0870. The number of fused-ring (bicyclic) bond motifs is 1. The Bertz CT molecular complexity index is 1030. The van der Waals surface area contributed by atoms with Gasteiger partial charge in [-0.2, -0.15) is 0 Å². The van der Waals surface area contributed by atoms with Gasteiger partial charge >= 0.3 is 0 Å². The average molecular weight is 380 g/mol. The minimum atomic E-state index is -0.352. The number of carbonyl (C=O) groups excluding carboxylic acids is 1. The highest BCUT2D eigenvalue weighted by molar-refractivity contribution is 5.83. The molecule has 0 spiro atoms. The van der Waals surface area contributed by atoms with Crippen LogP contribution in [-0.4, -0.2) is 35.0 Å². The van der Waals surface area contributed by atoms with Gasteiger partial charge in [0.05, 0.1) is 17.8 Å². The maximum Gasteiger partial charge on any atom is 0.224 e. The van der Waals surface area contributed by atoms with Gasteiger partial charge in [0.25, 0.3) is 0 Å². The summed E-state index contributed by atoms with van der Waals surface area (Å²) in [5, 5.41) is 3.16. The summed E-state index contributed by atoms with van der Waals surface area (Å²) in [5.41, 5.74) is 3.14.